The molecule has 320 valence electrons. The zero-order valence-corrected chi connectivity index (χ0v) is 33.6. The number of carbonyl (C=O) groups excluding carboxylic acids is 2. The van der Waals surface area contributed by atoms with Gasteiger partial charge < -0.3 is 59.2 Å². The standard InChI is InChI=1S/C44H60O14/c1-3-5-7-9-11-13-15-17-26(47)19-25-20-30(50)41-35(28(23-45)31(55-41)18-16-14-12-10-8-6-4-2)34(25)42-43(38(52)36-29(49)21-27(48)22-32(36)56-42)58-44-40(54)39(53)37(51)33(24-46)57-44/h20-23,28,31,33,37,39-40,44,46,48-51,53-54H,3-19,24H2,1-2H3/t28?,31?,33-,37+,39+,40-,44+/m1/s1. The molecule has 0 saturated carbocycles. The van der Waals surface area contributed by atoms with Crippen LogP contribution in [0.15, 0.2) is 27.4 Å². The number of ketones is 1. The van der Waals surface area contributed by atoms with Crippen LogP contribution < -0.4 is 14.9 Å². The van der Waals surface area contributed by atoms with Gasteiger partial charge in [0.15, 0.2) is 17.3 Å². The molecule has 58 heavy (non-hydrogen) atoms. The van der Waals surface area contributed by atoms with Crippen LogP contribution in [-0.4, -0.2) is 91.2 Å². The van der Waals surface area contributed by atoms with Gasteiger partial charge in [0.05, 0.1) is 12.5 Å². The van der Waals surface area contributed by atoms with Gasteiger partial charge in [-0.05, 0) is 30.9 Å². The van der Waals surface area contributed by atoms with Crippen molar-refractivity contribution in [1.29, 1.82) is 0 Å². The van der Waals surface area contributed by atoms with Crippen molar-refractivity contribution in [2.24, 2.45) is 0 Å². The van der Waals surface area contributed by atoms with Gasteiger partial charge in [0.25, 0.3) is 0 Å². The Bertz CT molecular complexity index is 1900. The molecule has 1 saturated heterocycles. The lowest BCUT2D eigenvalue weighted by molar-refractivity contribution is -0.277. The molecule has 2 aliphatic rings. The quantitative estimate of drug-likeness (QED) is 0.0418. The molecule has 0 bridgehead atoms. The van der Waals surface area contributed by atoms with Crippen molar-refractivity contribution in [3.8, 4) is 40.1 Å². The van der Waals surface area contributed by atoms with Crippen molar-refractivity contribution in [3.63, 3.8) is 0 Å². The van der Waals surface area contributed by atoms with E-state index >= 15 is 0 Å². The van der Waals surface area contributed by atoms with E-state index in [0.29, 0.717) is 19.1 Å². The maximum absolute atomic E-state index is 14.4. The predicted octanol–water partition coefficient (Wildman–Crippen LogP) is 6.19. The molecule has 2 aliphatic heterocycles. The largest absolute Gasteiger partial charge is 0.508 e. The van der Waals surface area contributed by atoms with Crippen molar-refractivity contribution in [2.45, 2.75) is 166 Å². The summed E-state index contributed by atoms with van der Waals surface area (Å²) < 4.78 is 24.2. The number of ether oxygens (including phenoxy) is 3. The number of hydrogen-bond donors (Lipinski definition) is 7. The highest BCUT2D eigenvalue weighted by Crippen LogP contribution is 2.53. The number of phenolic OH excluding ortho intramolecular Hbond substituents is 3. The van der Waals surface area contributed by atoms with E-state index in [4.69, 9.17) is 18.6 Å². The molecule has 5 rings (SSSR count). The molecule has 0 radical (unpaired) electrons. The number of carbonyl (C=O) groups is 2. The summed E-state index contributed by atoms with van der Waals surface area (Å²) in [4.78, 5) is 41.2. The number of aliphatic hydroxyl groups excluding tert-OH is 4. The Labute approximate surface area is 338 Å². The van der Waals surface area contributed by atoms with E-state index in [2.05, 4.69) is 13.8 Å². The van der Waals surface area contributed by atoms with Crippen molar-refractivity contribution in [2.75, 3.05) is 6.61 Å². The highest BCUT2D eigenvalue weighted by Gasteiger charge is 2.46. The number of rotatable bonds is 23. The van der Waals surface area contributed by atoms with Crippen LogP contribution in [0.2, 0.25) is 0 Å². The Morgan fingerprint density at radius 2 is 1.43 bits per heavy atom. The number of benzene rings is 2. The zero-order chi connectivity index (χ0) is 41.9. The minimum Gasteiger partial charge on any atom is -0.508 e. The Hall–Kier alpha value is -4.21. The summed E-state index contributed by atoms with van der Waals surface area (Å²) in [6.07, 6.45) is 5.57. The van der Waals surface area contributed by atoms with E-state index in [-0.39, 0.29) is 52.4 Å². The number of aldehydes is 1. The summed E-state index contributed by atoms with van der Waals surface area (Å²) in [5, 5.41) is 74.0. The van der Waals surface area contributed by atoms with Crippen LogP contribution in [0, 0.1) is 0 Å². The molecule has 2 unspecified atom stereocenters. The van der Waals surface area contributed by atoms with E-state index in [1.165, 1.54) is 6.07 Å². The maximum atomic E-state index is 14.4. The number of aromatic hydroxyl groups is 3. The molecule has 0 aliphatic carbocycles. The second-order valence-electron chi connectivity index (χ2n) is 15.7. The van der Waals surface area contributed by atoms with E-state index < -0.39 is 83.2 Å². The Kier molecular flexibility index (Phi) is 16.4. The number of unbranched alkanes of at least 4 members (excludes halogenated alkanes) is 12. The first-order chi connectivity index (χ1) is 27.9. The highest BCUT2D eigenvalue weighted by molar-refractivity contribution is 5.92. The molecular weight excluding hydrogens is 752 g/mol. The fraction of sp³-hybridized carbons (Fsp3) is 0.614. The van der Waals surface area contributed by atoms with Crippen LogP contribution in [0.25, 0.3) is 22.3 Å². The third kappa shape index (κ3) is 10.3. The smallest absolute Gasteiger partial charge is 0.239 e. The third-order valence-electron chi connectivity index (χ3n) is 11.3. The molecule has 0 spiro atoms. The number of phenols is 3. The fourth-order valence-corrected chi connectivity index (χ4v) is 8.08. The Morgan fingerprint density at radius 1 is 0.793 bits per heavy atom. The summed E-state index contributed by atoms with van der Waals surface area (Å²) >= 11 is 0. The van der Waals surface area contributed by atoms with Crippen LogP contribution in [0.3, 0.4) is 0 Å². The molecule has 3 aromatic rings. The van der Waals surface area contributed by atoms with E-state index in [0.717, 1.165) is 95.6 Å². The zero-order valence-electron chi connectivity index (χ0n) is 33.6. The molecule has 0 amide bonds. The monoisotopic (exact) mass is 812 g/mol. The van der Waals surface area contributed by atoms with Crippen LogP contribution >= 0.6 is 0 Å². The lowest BCUT2D eigenvalue weighted by atomic mass is 9.85. The molecule has 1 fully saturated rings. The van der Waals surface area contributed by atoms with Crippen LogP contribution in [0.5, 0.6) is 28.7 Å². The first-order valence-corrected chi connectivity index (χ1v) is 21.0. The molecule has 14 nitrogen and oxygen atoms in total. The minimum absolute atomic E-state index is 0.0151. The van der Waals surface area contributed by atoms with Crippen LogP contribution in [0.4, 0.5) is 0 Å². The van der Waals surface area contributed by atoms with Crippen LogP contribution in [-0.2, 0) is 20.7 Å². The van der Waals surface area contributed by atoms with Crippen molar-refractivity contribution in [1.82, 2.24) is 0 Å². The third-order valence-corrected chi connectivity index (χ3v) is 11.3. The van der Waals surface area contributed by atoms with Crippen LogP contribution in [0.1, 0.15) is 134 Å². The first kappa shape index (κ1) is 44.9. The molecule has 7 atom stereocenters. The molecule has 3 heterocycles. The molecular formula is C44H60O14. The van der Waals surface area contributed by atoms with Gasteiger partial charge in [-0.25, -0.2) is 0 Å². The van der Waals surface area contributed by atoms with Gasteiger partial charge in [-0.15, -0.1) is 0 Å². The first-order valence-electron chi connectivity index (χ1n) is 21.0. The molecule has 2 aromatic carbocycles. The summed E-state index contributed by atoms with van der Waals surface area (Å²) in [7, 11) is 0. The van der Waals surface area contributed by atoms with Gasteiger partial charge in [0.1, 0.15) is 65.1 Å². The van der Waals surface area contributed by atoms with Crippen molar-refractivity contribution >= 4 is 23.0 Å². The predicted molar refractivity (Wildman–Crippen MR) is 214 cm³/mol. The highest BCUT2D eigenvalue weighted by atomic mass is 16.7. The minimum atomic E-state index is -1.96. The average Bonchev–Trinajstić information content (AvgIpc) is 3.56. The van der Waals surface area contributed by atoms with Gasteiger partial charge in [0, 0.05) is 36.1 Å². The van der Waals surface area contributed by atoms with Crippen molar-refractivity contribution < 1.29 is 64.0 Å². The second kappa shape index (κ2) is 21.2. The fourth-order valence-electron chi connectivity index (χ4n) is 8.08. The number of aliphatic hydroxyl groups is 4. The maximum Gasteiger partial charge on any atom is 0.239 e. The molecule has 14 heteroatoms. The SMILES string of the molecule is CCCCCCCCCC(=O)Cc1cc(O)c2c(c1-c1oc3cc(O)cc(O)c3c(=O)c1O[C@@H]1O[C@H](CO)[C@H](O)[C@H](O)[C@H]1O)C(C=O)C(CCCCCCCCC)O2. The lowest BCUT2D eigenvalue weighted by Crippen LogP contribution is -2.60. The van der Waals surface area contributed by atoms with Gasteiger partial charge in [-0.1, -0.05) is 90.9 Å². The summed E-state index contributed by atoms with van der Waals surface area (Å²) in [5.41, 5.74) is -1.01. The number of hydrogen-bond acceptors (Lipinski definition) is 14. The average molecular weight is 813 g/mol. The van der Waals surface area contributed by atoms with Gasteiger partial charge >= 0.3 is 0 Å². The van der Waals surface area contributed by atoms with Crippen molar-refractivity contribution in [3.05, 3.63) is 39.5 Å². The topological polar surface area (TPSA) is 234 Å². The lowest BCUT2D eigenvalue weighted by Gasteiger charge is -2.39. The van der Waals surface area contributed by atoms with Gasteiger partial charge in [-0.2, -0.15) is 0 Å². The Morgan fingerprint density at radius 3 is 2.07 bits per heavy atom. The summed E-state index contributed by atoms with van der Waals surface area (Å²) in [6.45, 7) is 3.50. The van der Waals surface area contributed by atoms with Gasteiger partial charge in [-0.3, -0.25) is 9.59 Å². The Balaban J connectivity index is 1.62. The second-order valence-corrected chi connectivity index (χ2v) is 15.7. The molecule has 1 aromatic heterocycles. The van der Waals surface area contributed by atoms with Gasteiger partial charge in [0.2, 0.25) is 17.5 Å². The summed E-state index contributed by atoms with van der Waals surface area (Å²) in [6, 6.07) is 3.31. The molecule has 7 N–H and O–H groups in total. The van der Waals surface area contributed by atoms with E-state index in [9.17, 15) is 50.1 Å². The summed E-state index contributed by atoms with van der Waals surface area (Å²) in [5.74, 6) is -3.80. The normalized spacial score (nSPS) is 22.8. The number of fused-ring (bicyclic) bond motifs is 2. The van der Waals surface area contributed by atoms with E-state index in [1.807, 2.05) is 0 Å². The van der Waals surface area contributed by atoms with E-state index in [1.54, 1.807) is 0 Å². The number of Topliss-reactive ketones (excluding diaryl/α,β-unsaturated/α-hetero) is 1.